The molecule has 2 N–H and O–H groups in total. The van der Waals surface area contributed by atoms with Crippen molar-refractivity contribution in [2.24, 2.45) is 0 Å². The number of hydrogen-bond acceptors (Lipinski definition) is 3. The van der Waals surface area contributed by atoms with E-state index in [1.54, 1.807) is 24.3 Å². The fourth-order valence-electron chi connectivity index (χ4n) is 1.83. The highest BCUT2D eigenvalue weighted by molar-refractivity contribution is 7.92. The van der Waals surface area contributed by atoms with E-state index in [9.17, 15) is 13.5 Å². The number of anilines is 1. The number of hydrogen-bond donors (Lipinski definition) is 2. The number of nitrogens with one attached hydrogen (secondary N) is 1. The van der Waals surface area contributed by atoms with Gasteiger partial charge in [0.1, 0.15) is 10.6 Å². The Bertz CT molecular complexity index is 691. The maximum Gasteiger partial charge on any atom is 0.265 e. The van der Waals surface area contributed by atoms with Crippen LogP contribution in [0.4, 0.5) is 5.69 Å². The second-order valence-corrected chi connectivity index (χ2v) is 6.50. The summed E-state index contributed by atoms with van der Waals surface area (Å²) in [5, 5.41) is 9.62. The summed E-state index contributed by atoms with van der Waals surface area (Å²) in [6.07, 6.45) is 0. The zero-order valence-corrected chi connectivity index (χ0v) is 12.2. The highest BCUT2D eigenvalue weighted by Crippen LogP contribution is 2.25. The third kappa shape index (κ3) is 3.11. The molecule has 0 spiro atoms. The van der Waals surface area contributed by atoms with E-state index in [0.717, 1.165) is 5.56 Å². The summed E-state index contributed by atoms with van der Waals surface area (Å²) in [6.45, 7) is 4.14. The molecule has 0 bridgehead atoms. The van der Waals surface area contributed by atoms with Crippen molar-refractivity contribution in [3.05, 3.63) is 54.1 Å². The molecule has 2 aromatic carbocycles. The first kappa shape index (κ1) is 14.4. The Morgan fingerprint density at radius 1 is 1.00 bits per heavy atom. The Labute approximate surface area is 119 Å². The zero-order chi connectivity index (χ0) is 14.8. The fraction of sp³-hybridized carbons (Fsp3) is 0.200. The normalized spacial score (nSPS) is 11.6. The maximum atomic E-state index is 12.2. The number of phenolic OH excluding ortho intramolecular Hbond substituents is 1. The lowest BCUT2D eigenvalue weighted by molar-refractivity contribution is 0.459. The van der Waals surface area contributed by atoms with Gasteiger partial charge in [0.2, 0.25) is 0 Å². The highest BCUT2D eigenvalue weighted by Gasteiger charge is 2.17. The third-order valence-corrected chi connectivity index (χ3v) is 4.41. The Morgan fingerprint density at radius 3 is 2.15 bits per heavy atom. The standard InChI is InChI=1S/C15H17NO3S/c1-11(2)12-7-9-13(10-8-12)16-20(18,19)15-6-4-3-5-14(15)17/h3-11,16-17H,1-2H3. The number of benzene rings is 2. The molecule has 0 atom stereocenters. The SMILES string of the molecule is CC(C)c1ccc(NS(=O)(=O)c2ccccc2O)cc1. The van der Waals surface area contributed by atoms with Crippen molar-refractivity contribution in [2.45, 2.75) is 24.7 Å². The molecule has 0 aromatic heterocycles. The van der Waals surface area contributed by atoms with Crippen molar-refractivity contribution in [3.63, 3.8) is 0 Å². The number of rotatable bonds is 4. The topological polar surface area (TPSA) is 66.4 Å². The molecule has 0 saturated heterocycles. The number of phenols is 1. The summed E-state index contributed by atoms with van der Waals surface area (Å²) in [5.74, 6) is 0.123. The molecular weight excluding hydrogens is 274 g/mol. The summed E-state index contributed by atoms with van der Waals surface area (Å²) in [6, 6.07) is 13.0. The van der Waals surface area contributed by atoms with Crippen LogP contribution in [0.25, 0.3) is 0 Å². The molecular formula is C15H17NO3S. The predicted molar refractivity (Wildman–Crippen MR) is 79.4 cm³/mol. The van der Waals surface area contributed by atoms with Gasteiger partial charge in [-0.3, -0.25) is 4.72 Å². The molecule has 2 aromatic rings. The van der Waals surface area contributed by atoms with Crippen molar-refractivity contribution < 1.29 is 13.5 Å². The Hall–Kier alpha value is -2.01. The second-order valence-electron chi connectivity index (χ2n) is 4.85. The fourth-order valence-corrected chi connectivity index (χ4v) is 2.99. The smallest absolute Gasteiger partial charge is 0.265 e. The number of para-hydroxylation sites is 1. The predicted octanol–water partition coefficient (Wildman–Crippen LogP) is 3.32. The lowest BCUT2D eigenvalue weighted by atomic mass is 10.0. The molecule has 106 valence electrons. The van der Waals surface area contributed by atoms with Crippen LogP contribution in [-0.2, 0) is 10.0 Å². The van der Waals surface area contributed by atoms with E-state index in [2.05, 4.69) is 18.6 Å². The molecule has 0 aliphatic heterocycles. The van der Waals surface area contributed by atoms with E-state index in [4.69, 9.17) is 0 Å². The molecule has 0 amide bonds. The van der Waals surface area contributed by atoms with Crippen LogP contribution in [0.15, 0.2) is 53.4 Å². The van der Waals surface area contributed by atoms with Gasteiger partial charge >= 0.3 is 0 Å². The molecule has 4 nitrogen and oxygen atoms in total. The van der Waals surface area contributed by atoms with Gasteiger partial charge in [-0.1, -0.05) is 38.1 Å². The van der Waals surface area contributed by atoms with Gasteiger partial charge in [-0.15, -0.1) is 0 Å². The lowest BCUT2D eigenvalue weighted by Gasteiger charge is -2.11. The third-order valence-electron chi connectivity index (χ3n) is 2.98. The monoisotopic (exact) mass is 291 g/mol. The summed E-state index contributed by atoms with van der Waals surface area (Å²) >= 11 is 0. The van der Waals surface area contributed by atoms with Crippen LogP contribution in [-0.4, -0.2) is 13.5 Å². The average molecular weight is 291 g/mol. The van der Waals surface area contributed by atoms with E-state index >= 15 is 0 Å². The van der Waals surface area contributed by atoms with Crippen LogP contribution >= 0.6 is 0 Å². The molecule has 0 aliphatic rings. The maximum absolute atomic E-state index is 12.2. The van der Waals surface area contributed by atoms with Gasteiger partial charge < -0.3 is 5.11 Å². The van der Waals surface area contributed by atoms with Gasteiger partial charge in [0, 0.05) is 5.69 Å². The largest absolute Gasteiger partial charge is 0.507 e. The molecule has 2 rings (SSSR count). The van der Waals surface area contributed by atoms with Crippen LogP contribution in [0, 0.1) is 0 Å². The molecule has 0 unspecified atom stereocenters. The quantitative estimate of drug-likeness (QED) is 0.908. The van der Waals surface area contributed by atoms with E-state index in [1.807, 2.05) is 12.1 Å². The Balaban J connectivity index is 2.27. The molecule has 0 fully saturated rings. The summed E-state index contributed by atoms with van der Waals surface area (Å²) < 4.78 is 26.8. The van der Waals surface area contributed by atoms with Crippen LogP contribution in [0.2, 0.25) is 0 Å². The zero-order valence-electron chi connectivity index (χ0n) is 11.4. The van der Waals surface area contributed by atoms with Crippen LogP contribution in [0.3, 0.4) is 0 Å². The van der Waals surface area contributed by atoms with Gasteiger partial charge in [-0.05, 0) is 35.7 Å². The van der Waals surface area contributed by atoms with Crippen molar-refractivity contribution in [2.75, 3.05) is 4.72 Å². The summed E-state index contributed by atoms with van der Waals surface area (Å²) in [4.78, 5) is -0.132. The molecule has 0 saturated carbocycles. The molecule has 20 heavy (non-hydrogen) atoms. The van der Waals surface area contributed by atoms with Crippen LogP contribution in [0.1, 0.15) is 25.3 Å². The minimum atomic E-state index is -3.78. The highest BCUT2D eigenvalue weighted by atomic mass is 32.2. The Kier molecular flexibility index (Phi) is 3.99. The van der Waals surface area contributed by atoms with Crippen molar-refractivity contribution >= 4 is 15.7 Å². The first-order valence-corrected chi connectivity index (χ1v) is 7.79. The average Bonchev–Trinajstić information content (AvgIpc) is 2.39. The molecule has 0 aliphatic carbocycles. The molecule has 0 radical (unpaired) electrons. The Morgan fingerprint density at radius 2 is 1.60 bits per heavy atom. The van der Waals surface area contributed by atoms with Gasteiger partial charge in [0.25, 0.3) is 10.0 Å². The van der Waals surface area contributed by atoms with E-state index in [-0.39, 0.29) is 10.6 Å². The lowest BCUT2D eigenvalue weighted by Crippen LogP contribution is -2.13. The second kappa shape index (κ2) is 5.54. The number of sulfonamides is 1. The molecule has 0 heterocycles. The minimum absolute atomic E-state index is 0.132. The summed E-state index contributed by atoms with van der Waals surface area (Å²) in [7, 11) is -3.78. The van der Waals surface area contributed by atoms with E-state index in [0.29, 0.717) is 11.6 Å². The van der Waals surface area contributed by atoms with Gasteiger partial charge in [0.15, 0.2) is 0 Å². The van der Waals surface area contributed by atoms with Crippen LogP contribution < -0.4 is 4.72 Å². The first-order valence-electron chi connectivity index (χ1n) is 6.31. The summed E-state index contributed by atoms with van der Waals surface area (Å²) in [5.41, 5.74) is 1.60. The van der Waals surface area contributed by atoms with Crippen molar-refractivity contribution in [3.8, 4) is 5.75 Å². The first-order chi connectivity index (χ1) is 9.40. The van der Waals surface area contributed by atoms with Crippen molar-refractivity contribution in [1.82, 2.24) is 0 Å². The minimum Gasteiger partial charge on any atom is -0.507 e. The van der Waals surface area contributed by atoms with E-state index in [1.165, 1.54) is 12.1 Å². The number of aromatic hydroxyl groups is 1. The van der Waals surface area contributed by atoms with E-state index < -0.39 is 10.0 Å². The van der Waals surface area contributed by atoms with Gasteiger partial charge in [-0.25, -0.2) is 8.42 Å². The van der Waals surface area contributed by atoms with Gasteiger partial charge in [0.05, 0.1) is 0 Å². The van der Waals surface area contributed by atoms with Crippen molar-refractivity contribution in [1.29, 1.82) is 0 Å². The van der Waals surface area contributed by atoms with Gasteiger partial charge in [-0.2, -0.15) is 0 Å². The molecule has 5 heteroatoms. The van der Waals surface area contributed by atoms with Crippen LogP contribution in [0.5, 0.6) is 5.75 Å².